The largest absolute Gasteiger partial charge is 0.394 e. The molecule has 0 amide bonds. The first kappa shape index (κ1) is 17.8. The van der Waals surface area contributed by atoms with Gasteiger partial charge in [-0.15, -0.1) is 0 Å². The fraction of sp³-hybridized carbons (Fsp3) is 1.00. The van der Waals surface area contributed by atoms with E-state index >= 15 is 0 Å². The van der Waals surface area contributed by atoms with Gasteiger partial charge in [0.15, 0.2) is 0 Å². The molecule has 0 spiro atoms. The zero-order valence-electron chi connectivity index (χ0n) is 12.5. The van der Waals surface area contributed by atoms with Crippen LogP contribution < -0.4 is 5.32 Å². The molecular formula is C14H30N2O4. The Balaban J connectivity index is 1.66. The second-order valence-electron chi connectivity index (χ2n) is 4.86. The molecule has 0 radical (unpaired) electrons. The molecule has 0 atom stereocenters. The first-order valence-electron chi connectivity index (χ1n) is 7.70. The molecule has 0 aromatic carbocycles. The van der Waals surface area contributed by atoms with Crippen molar-refractivity contribution in [2.24, 2.45) is 0 Å². The van der Waals surface area contributed by atoms with Gasteiger partial charge in [0, 0.05) is 19.6 Å². The van der Waals surface area contributed by atoms with Crippen molar-refractivity contribution >= 4 is 0 Å². The predicted octanol–water partition coefficient (Wildman–Crippen LogP) is -0.286. The van der Waals surface area contributed by atoms with Crippen LogP contribution in [0.4, 0.5) is 0 Å². The van der Waals surface area contributed by atoms with E-state index in [9.17, 15) is 0 Å². The summed E-state index contributed by atoms with van der Waals surface area (Å²) in [6.45, 7) is 9.07. The van der Waals surface area contributed by atoms with Crippen molar-refractivity contribution in [3.05, 3.63) is 0 Å². The Labute approximate surface area is 122 Å². The number of ether oxygens (including phenoxy) is 3. The Kier molecular flexibility index (Phi) is 12.2. The second kappa shape index (κ2) is 13.7. The average molecular weight is 290 g/mol. The highest BCUT2D eigenvalue weighted by Crippen LogP contribution is 2.05. The fourth-order valence-corrected chi connectivity index (χ4v) is 2.12. The average Bonchev–Trinajstić information content (AvgIpc) is 2.97. The van der Waals surface area contributed by atoms with Crippen molar-refractivity contribution < 1.29 is 19.3 Å². The molecule has 0 unspecified atom stereocenters. The van der Waals surface area contributed by atoms with Gasteiger partial charge in [-0.3, -0.25) is 0 Å². The molecule has 0 aliphatic carbocycles. The molecule has 1 fully saturated rings. The summed E-state index contributed by atoms with van der Waals surface area (Å²) >= 11 is 0. The summed E-state index contributed by atoms with van der Waals surface area (Å²) in [6, 6.07) is 0. The van der Waals surface area contributed by atoms with Crippen molar-refractivity contribution in [2.45, 2.75) is 12.8 Å². The lowest BCUT2D eigenvalue weighted by atomic mass is 10.4. The first-order valence-corrected chi connectivity index (χ1v) is 7.70. The summed E-state index contributed by atoms with van der Waals surface area (Å²) in [7, 11) is 0. The van der Waals surface area contributed by atoms with E-state index in [1.807, 2.05) is 0 Å². The fourth-order valence-electron chi connectivity index (χ4n) is 2.12. The highest BCUT2D eigenvalue weighted by molar-refractivity contribution is 4.66. The van der Waals surface area contributed by atoms with E-state index in [0.717, 1.165) is 26.2 Å². The molecule has 120 valence electrons. The SMILES string of the molecule is OCCOCCOCCOCCNCCN1CCCC1. The second-order valence-corrected chi connectivity index (χ2v) is 4.86. The summed E-state index contributed by atoms with van der Waals surface area (Å²) in [6.07, 6.45) is 2.71. The monoisotopic (exact) mass is 290 g/mol. The number of aliphatic hydroxyl groups excluding tert-OH is 1. The maximum atomic E-state index is 8.49. The van der Waals surface area contributed by atoms with E-state index in [1.165, 1.54) is 25.9 Å². The molecule has 20 heavy (non-hydrogen) atoms. The number of nitrogens with one attached hydrogen (secondary N) is 1. The minimum absolute atomic E-state index is 0.0634. The molecular weight excluding hydrogens is 260 g/mol. The molecule has 6 nitrogen and oxygen atoms in total. The molecule has 0 saturated carbocycles. The summed E-state index contributed by atoms with van der Waals surface area (Å²) in [5.41, 5.74) is 0. The van der Waals surface area contributed by atoms with E-state index in [1.54, 1.807) is 0 Å². The third kappa shape index (κ3) is 10.5. The lowest BCUT2D eigenvalue weighted by Gasteiger charge is -2.14. The van der Waals surface area contributed by atoms with Crippen LogP contribution in [0.3, 0.4) is 0 Å². The van der Waals surface area contributed by atoms with Gasteiger partial charge in [0.05, 0.1) is 46.2 Å². The Hall–Kier alpha value is -0.240. The summed E-state index contributed by atoms with van der Waals surface area (Å²) in [4.78, 5) is 2.50. The first-order chi connectivity index (χ1) is 9.93. The third-order valence-corrected chi connectivity index (χ3v) is 3.21. The van der Waals surface area contributed by atoms with E-state index in [2.05, 4.69) is 10.2 Å². The van der Waals surface area contributed by atoms with Gasteiger partial charge in [0.1, 0.15) is 0 Å². The van der Waals surface area contributed by atoms with E-state index < -0.39 is 0 Å². The quantitative estimate of drug-likeness (QED) is 0.429. The van der Waals surface area contributed by atoms with Crippen molar-refractivity contribution in [3.8, 4) is 0 Å². The molecule has 1 aliphatic rings. The Bertz CT molecular complexity index is 202. The van der Waals surface area contributed by atoms with Gasteiger partial charge < -0.3 is 29.5 Å². The van der Waals surface area contributed by atoms with Crippen LogP contribution in [0.15, 0.2) is 0 Å². The van der Waals surface area contributed by atoms with Crippen LogP contribution >= 0.6 is 0 Å². The minimum atomic E-state index is 0.0634. The zero-order valence-corrected chi connectivity index (χ0v) is 12.5. The van der Waals surface area contributed by atoms with E-state index in [0.29, 0.717) is 33.0 Å². The van der Waals surface area contributed by atoms with Gasteiger partial charge in [-0.25, -0.2) is 0 Å². The van der Waals surface area contributed by atoms with Crippen LogP contribution in [0.1, 0.15) is 12.8 Å². The lowest BCUT2D eigenvalue weighted by Crippen LogP contribution is -2.31. The van der Waals surface area contributed by atoms with E-state index in [4.69, 9.17) is 19.3 Å². The smallest absolute Gasteiger partial charge is 0.0701 e. The molecule has 6 heteroatoms. The van der Waals surface area contributed by atoms with Crippen LogP contribution in [-0.4, -0.2) is 89.0 Å². The number of rotatable bonds is 14. The van der Waals surface area contributed by atoms with Crippen molar-refractivity contribution in [3.63, 3.8) is 0 Å². The zero-order chi connectivity index (χ0) is 14.3. The molecule has 1 aliphatic heterocycles. The number of likely N-dealkylation sites (tertiary alicyclic amines) is 1. The number of hydrogen-bond acceptors (Lipinski definition) is 6. The van der Waals surface area contributed by atoms with Crippen molar-refractivity contribution in [2.75, 3.05) is 79.0 Å². The standard InChI is InChI=1S/C14H30N2O4/c17-8-10-19-12-14-20-13-11-18-9-4-15-3-7-16-5-1-2-6-16/h15,17H,1-14H2. The maximum absolute atomic E-state index is 8.49. The van der Waals surface area contributed by atoms with Gasteiger partial charge in [-0.2, -0.15) is 0 Å². The maximum Gasteiger partial charge on any atom is 0.0701 e. The molecule has 0 aromatic heterocycles. The predicted molar refractivity (Wildman–Crippen MR) is 78.1 cm³/mol. The summed E-state index contributed by atoms with van der Waals surface area (Å²) in [5, 5.41) is 11.9. The molecule has 0 aromatic rings. The van der Waals surface area contributed by atoms with Crippen LogP contribution in [0, 0.1) is 0 Å². The van der Waals surface area contributed by atoms with Crippen molar-refractivity contribution in [1.29, 1.82) is 0 Å². The molecule has 1 rings (SSSR count). The molecule has 1 heterocycles. The molecule has 2 N–H and O–H groups in total. The van der Waals surface area contributed by atoms with Gasteiger partial charge in [0.25, 0.3) is 0 Å². The van der Waals surface area contributed by atoms with Crippen LogP contribution in [0.25, 0.3) is 0 Å². The van der Waals surface area contributed by atoms with Gasteiger partial charge in [0.2, 0.25) is 0 Å². The topological polar surface area (TPSA) is 63.2 Å². The Morgan fingerprint density at radius 2 is 1.40 bits per heavy atom. The highest BCUT2D eigenvalue weighted by Gasteiger charge is 2.09. The van der Waals surface area contributed by atoms with Crippen molar-refractivity contribution in [1.82, 2.24) is 10.2 Å². The minimum Gasteiger partial charge on any atom is -0.394 e. The van der Waals surface area contributed by atoms with Crippen LogP contribution in [0.2, 0.25) is 0 Å². The van der Waals surface area contributed by atoms with E-state index in [-0.39, 0.29) is 6.61 Å². The number of nitrogens with zero attached hydrogens (tertiary/aromatic N) is 1. The van der Waals surface area contributed by atoms with Gasteiger partial charge in [-0.05, 0) is 25.9 Å². The summed E-state index contributed by atoms with van der Waals surface area (Å²) in [5.74, 6) is 0. The summed E-state index contributed by atoms with van der Waals surface area (Å²) < 4.78 is 15.8. The molecule has 1 saturated heterocycles. The van der Waals surface area contributed by atoms with Crippen LogP contribution in [0.5, 0.6) is 0 Å². The number of hydrogen-bond donors (Lipinski definition) is 2. The lowest BCUT2D eigenvalue weighted by molar-refractivity contribution is 0.00819. The Morgan fingerprint density at radius 3 is 2.05 bits per heavy atom. The Morgan fingerprint density at radius 1 is 0.800 bits per heavy atom. The molecule has 0 bridgehead atoms. The third-order valence-electron chi connectivity index (χ3n) is 3.21. The normalized spacial score (nSPS) is 16.1. The van der Waals surface area contributed by atoms with Gasteiger partial charge in [-0.1, -0.05) is 0 Å². The highest BCUT2D eigenvalue weighted by atomic mass is 16.5. The number of aliphatic hydroxyl groups is 1. The van der Waals surface area contributed by atoms with Crippen LogP contribution in [-0.2, 0) is 14.2 Å². The van der Waals surface area contributed by atoms with Gasteiger partial charge >= 0.3 is 0 Å².